The van der Waals surface area contributed by atoms with Crippen LogP contribution in [0.4, 0.5) is 11.5 Å². The van der Waals surface area contributed by atoms with Crippen molar-refractivity contribution in [1.82, 2.24) is 9.97 Å². The average Bonchev–Trinajstić information content (AvgIpc) is 2.23. The number of hydrogen-bond acceptors (Lipinski definition) is 6. The van der Waals surface area contributed by atoms with E-state index in [-0.39, 0.29) is 6.10 Å². The molecule has 1 aromatic heterocycles. The number of ether oxygens (including phenoxy) is 1. The van der Waals surface area contributed by atoms with Crippen LogP contribution >= 0.6 is 11.8 Å². The van der Waals surface area contributed by atoms with Crippen LogP contribution in [0.2, 0.25) is 0 Å². The third kappa shape index (κ3) is 4.30. The van der Waals surface area contributed by atoms with E-state index in [0.717, 1.165) is 5.75 Å². The van der Waals surface area contributed by atoms with E-state index in [2.05, 4.69) is 28.5 Å². The molecule has 6 heteroatoms. The molecule has 0 radical (unpaired) electrons. The third-order valence-electron chi connectivity index (χ3n) is 1.99. The van der Waals surface area contributed by atoms with Crippen molar-refractivity contribution in [3.63, 3.8) is 0 Å². The second-order valence-corrected chi connectivity index (χ2v) is 5.02. The van der Waals surface area contributed by atoms with Crippen LogP contribution < -0.4 is 15.8 Å². The molecule has 3 N–H and O–H groups in total. The summed E-state index contributed by atoms with van der Waals surface area (Å²) in [5.74, 6) is 2.06. The minimum atomic E-state index is 0.0451. The lowest BCUT2D eigenvalue weighted by Crippen LogP contribution is -2.20. The predicted octanol–water partition coefficient (Wildman–Crippen LogP) is 2.01. The highest BCUT2D eigenvalue weighted by Gasteiger charge is 2.12. The molecule has 0 aliphatic rings. The summed E-state index contributed by atoms with van der Waals surface area (Å²) in [6.07, 6.45) is 3.57. The number of nitrogens with two attached hydrogens (primary N) is 1. The number of anilines is 2. The summed E-state index contributed by atoms with van der Waals surface area (Å²) in [5, 5.41) is 3.25. The summed E-state index contributed by atoms with van der Waals surface area (Å²) in [6, 6.07) is 0.300. The molecule has 0 saturated carbocycles. The lowest BCUT2D eigenvalue weighted by atomic mass is 10.3. The average molecular weight is 256 g/mol. The maximum Gasteiger partial charge on any atom is 0.242 e. The first kappa shape index (κ1) is 13.9. The van der Waals surface area contributed by atoms with Gasteiger partial charge in [0.05, 0.1) is 6.10 Å². The Labute approximate surface area is 107 Å². The van der Waals surface area contributed by atoms with Crippen LogP contribution in [-0.4, -0.2) is 34.1 Å². The molecule has 5 nitrogen and oxygen atoms in total. The number of thioether (sulfide) groups is 1. The number of nitrogens with one attached hydrogen (secondary N) is 1. The third-order valence-corrected chi connectivity index (χ3v) is 2.83. The minimum absolute atomic E-state index is 0.0451. The first-order valence-electron chi connectivity index (χ1n) is 5.57. The Bertz CT molecular complexity index is 359. The summed E-state index contributed by atoms with van der Waals surface area (Å²) >= 11 is 1.77. The number of nitrogen functional groups attached to an aromatic ring is 1. The zero-order valence-electron chi connectivity index (χ0n) is 10.7. The Kier molecular flexibility index (Phi) is 5.34. The molecular weight excluding hydrogens is 236 g/mol. The molecule has 0 fully saturated rings. The van der Waals surface area contributed by atoms with Gasteiger partial charge in [0, 0.05) is 11.8 Å². The predicted molar refractivity (Wildman–Crippen MR) is 73.7 cm³/mol. The Morgan fingerprint density at radius 3 is 2.71 bits per heavy atom. The number of rotatable bonds is 6. The smallest absolute Gasteiger partial charge is 0.242 e. The summed E-state index contributed by atoms with van der Waals surface area (Å²) in [7, 11) is 0. The standard InChI is InChI=1S/C11H20N4OS/c1-7(2)16-11-9(12)10(13-6-14-11)15-8(3)5-17-4/h6-8H,5,12H2,1-4H3,(H,13,14,15). The van der Waals surface area contributed by atoms with Gasteiger partial charge >= 0.3 is 0 Å². The topological polar surface area (TPSA) is 73.1 Å². The molecule has 0 amide bonds. The Hall–Kier alpha value is -1.17. The molecule has 0 saturated heterocycles. The van der Waals surface area contributed by atoms with Crippen molar-refractivity contribution in [3.8, 4) is 5.88 Å². The molecule has 96 valence electrons. The lowest BCUT2D eigenvalue weighted by molar-refractivity contribution is 0.234. The summed E-state index contributed by atoms with van der Waals surface area (Å²) < 4.78 is 5.51. The van der Waals surface area contributed by atoms with Crippen LogP contribution in [0.25, 0.3) is 0 Å². The van der Waals surface area contributed by atoms with Crippen molar-refractivity contribution in [2.75, 3.05) is 23.1 Å². The molecule has 0 bridgehead atoms. The first-order chi connectivity index (χ1) is 8.04. The van der Waals surface area contributed by atoms with E-state index >= 15 is 0 Å². The van der Waals surface area contributed by atoms with E-state index in [4.69, 9.17) is 10.5 Å². The number of nitrogens with zero attached hydrogens (tertiary/aromatic N) is 2. The van der Waals surface area contributed by atoms with Gasteiger partial charge in [-0.25, -0.2) is 4.98 Å². The van der Waals surface area contributed by atoms with Gasteiger partial charge in [0.25, 0.3) is 0 Å². The fraction of sp³-hybridized carbons (Fsp3) is 0.636. The van der Waals surface area contributed by atoms with E-state index in [1.54, 1.807) is 11.8 Å². The summed E-state index contributed by atoms with van der Waals surface area (Å²) in [4.78, 5) is 8.16. The fourth-order valence-electron chi connectivity index (χ4n) is 1.34. The highest BCUT2D eigenvalue weighted by atomic mass is 32.2. The molecule has 0 spiro atoms. The van der Waals surface area contributed by atoms with E-state index in [0.29, 0.717) is 23.4 Å². The van der Waals surface area contributed by atoms with Gasteiger partial charge in [-0.1, -0.05) is 0 Å². The molecule has 1 aromatic rings. The maximum absolute atomic E-state index is 5.96. The van der Waals surface area contributed by atoms with Crippen molar-refractivity contribution in [3.05, 3.63) is 6.33 Å². The summed E-state index contributed by atoms with van der Waals surface area (Å²) in [6.45, 7) is 5.96. The molecule has 1 unspecified atom stereocenters. The Morgan fingerprint density at radius 2 is 2.12 bits per heavy atom. The zero-order chi connectivity index (χ0) is 12.8. The van der Waals surface area contributed by atoms with Crippen LogP contribution in [-0.2, 0) is 0 Å². The second kappa shape index (κ2) is 6.54. The molecule has 1 rings (SSSR count). The van der Waals surface area contributed by atoms with Crippen molar-refractivity contribution >= 4 is 23.3 Å². The first-order valence-corrected chi connectivity index (χ1v) is 6.96. The molecular formula is C11H20N4OS. The largest absolute Gasteiger partial charge is 0.473 e. The monoisotopic (exact) mass is 256 g/mol. The fourth-order valence-corrected chi connectivity index (χ4v) is 1.92. The quantitative estimate of drug-likeness (QED) is 0.811. The van der Waals surface area contributed by atoms with E-state index in [1.807, 2.05) is 13.8 Å². The van der Waals surface area contributed by atoms with Crippen LogP contribution in [0.1, 0.15) is 20.8 Å². The molecule has 17 heavy (non-hydrogen) atoms. The Morgan fingerprint density at radius 1 is 1.41 bits per heavy atom. The van der Waals surface area contributed by atoms with Gasteiger partial charge in [0.2, 0.25) is 5.88 Å². The molecule has 0 aliphatic heterocycles. The van der Waals surface area contributed by atoms with Crippen LogP contribution in [0.15, 0.2) is 6.33 Å². The van der Waals surface area contributed by atoms with Gasteiger partial charge in [0.15, 0.2) is 5.82 Å². The molecule has 0 aliphatic carbocycles. The van der Waals surface area contributed by atoms with E-state index < -0.39 is 0 Å². The van der Waals surface area contributed by atoms with Gasteiger partial charge in [-0.2, -0.15) is 16.7 Å². The highest BCUT2D eigenvalue weighted by Crippen LogP contribution is 2.26. The second-order valence-electron chi connectivity index (χ2n) is 4.11. The van der Waals surface area contributed by atoms with E-state index in [9.17, 15) is 0 Å². The minimum Gasteiger partial charge on any atom is -0.473 e. The van der Waals surface area contributed by atoms with Crippen molar-refractivity contribution in [1.29, 1.82) is 0 Å². The normalized spacial score (nSPS) is 12.5. The SMILES string of the molecule is CSCC(C)Nc1ncnc(OC(C)C)c1N. The number of hydrogen-bond donors (Lipinski definition) is 2. The zero-order valence-corrected chi connectivity index (χ0v) is 11.5. The van der Waals surface area contributed by atoms with Crippen LogP contribution in [0.5, 0.6) is 5.88 Å². The maximum atomic E-state index is 5.96. The van der Waals surface area contributed by atoms with E-state index in [1.165, 1.54) is 6.33 Å². The van der Waals surface area contributed by atoms with Crippen molar-refractivity contribution in [2.24, 2.45) is 0 Å². The van der Waals surface area contributed by atoms with Gasteiger partial charge in [-0.15, -0.1) is 0 Å². The number of aromatic nitrogens is 2. The van der Waals surface area contributed by atoms with Crippen molar-refractivity contribution in [2.45, 2.75) is 32.9 Å². The highest BCUT2D eigenvalue weighted by molar-refractivity contribution is 7.98. The van der Waals surface area contributed by atoms with Crippen molar-refractivity contribution < 1.29 is 4.74 Å². The lowest BCUT2D eigenvalue weighted by Gasteiger charge is -2.16. The molecule has 0 aromatic carbocycles. The molecule has 1 atom stereocenters. The van der Waals surface area contributed by atoms with Crippen LogP contribution in [0.3, 0.4) is 0 Å². The summed E-state index contributed by atoms with van der Waals surface area (Å²) in [5.41, 5.74) is 6.42. The Balaban J connectivity index is 2.79. The van der Waals surface area contributed by atoms with Gasteiger partial charge in [-0.3, -0.25) is 0 Å². The van der Waals surface area contributed by atoms with Gasteiger partial charge in [-0.05, 0) is 27.0 Å². The molecule has 1 heterocycles. The van der Waals surface area contributed by atoms with Crippen LogP contribution in [0, 0.1) is 0 Å². The van der Waals surface area contributed by atoms with Gasteiger partial charge in [0.1, 0.15) is 12.0 Å². The van der Waals surface area contributed by atoms with Gasteiger partial charge < -0.3 is 15.8 Å².